The van der Waals surface area contributed by atoms with Crippen molar-refractivity contribution in [2.75, 3.05) is 25.4 Å². The van der Waals surface area contributed by atoms with Crippen LogP contribution in [-0.2, 0) is 16.0 Å². The number of aliphatic carboxylic acids is 1. The molecule has 0 radical (unpaired) electrons. The largest absolute Gasteiger partial charge is 0.480 e. The number of thioether (sulfide) groups is 1. The molecule has 2 heterocycles. The molecule has 2 atom stereocenters. The predicted octanol–water partition coefficient (Wildman–Crippen LogP) is 3.70. The first-order valence-corrected chi connectivity index (χ1v) is 14.1. The lowest BCUT2D eigenvalue weighted by Gasteiger charge is -2.37. The molecule has 206 valence electrons. The second-order valence-corrected chi connectivity index (χ2v) is 11.2. The summed E-state index contributed by atoms with van der Waals surface area (Å²) in [4.78, 5) is 52.3. The monoisotopic (exact) mass is 611 g/mol. The number of nitrogens with zero attached hydrogens (tertiary/aromatic N) is 1. The van der Waals surface area contributed by atoms with Crippen molar-refractivity contribution < 1.29 is 29.4 Å². The van der Waals surface area contributed by atoms with Crippen LogP contribution >= 0.6 is 46.6 Å². The van der Waals surface area contributed by atoms with E-state index in [1.54, 1.807) is 30.3 Å². The van der Waals surface area contributed by atoms with Gasteiger partial charge in [-0.1, -0.05) is 40.9 Å². The Balaban J connectivity index is 1.54. The molecule has 39 heavy (non-hydrogen) atoms. The molecule has 9 nitrogen and oxygen atoms in total. The van der Waals surface area contributed by atoms with Gasteiger partial charge in [-0.2, -0.15) is 0 Å². The third-order valence-corrected chi connectivity index (χ3v) is 8.51. The first-order chi connectivity index (χ1) is 18.6. The summed E-state index contributed by atoms with van der Waals surface area (Å²) in [5.74, 6) is -2.12. The molecule has 0 bridgehead atoms. The Labute approximate surface area is 243 Å². The van der Waals surface area contributed by atoms with Gasteiger partial charge in [0.25, 0.3) is 17.7 Å². The molecular weight excluding hydrogens is 589 g/mol. The van der Waals surface area contributed by atoms with E-state index in [1.165, 1.54) is 22.7 Å². The Bertz CT molecular complexity index is 1350. The average Bonchev–Trinajstić information content (AvgIpc) is 3.45. The molecule has 0 aromatic heterocycles. The lowest BCUT2D eigenvalue weighted by atomic mass is 9.90. The molecule has 0 aliphatic carbocycles. The van der Waals surface area contributed by atoms with Gasteiger partial charge >= 0.3 is 5.97 Å². The van der Waals surface area contributed by atoms with Crippen molar-refractivity contribution >= 4 is 70.3 Å². The Morgan fingerprint density at radius 2 is 1.82 bits per heavy atom. The van der Waals surface area contributed by atoms with Gasteiger partial charge < -0.3 is 25.7 Å². The number of halogens is 3. The maximum Gasteiger partial charge on any atom is 0.328 e. The number of aliphatic hydroxyl groups is 1. The van der Waals surface area contributed by atoms with Crippen LogP contribution in [0.25, 0.3) is 0 Å². The summed E-state index contributed by atoms with van der Waals surface area (Å²) in [5, 5.41) is 25.1. The summed E-state index contributed by atoms with van der Waals surface area (Å²) in [5.41, 5.74) is 1.28. The van der Waals surface area contributed by atoms with Crippen molar-refractivity contribution in [2.45, 2.75) is 24.9 Å². The third kappa shape index (κ3) is 6.36. The molecule has 1 unspecified atom stereocenters. The van der Waals surface area contributed by atoms with E-state index in [0.717, 1.165) is 12.2 Å². The van der Waals surface area contributed by atoms with Gasteiger partial charge in [-0.3, -0.25) is 14.4 Å². The zero-order valence-electron chi connectivity index (χ0n) is 20.4. The number of amides is 3. The number of carboxylic acid groups (broad SMARTS) is 1. The number of hydrogen-bond donors (Lipinski definition) is 4. The molecule has 0 spiro atoms. The van der Waals surface area contributed by atoms with E-state index < -0.39 is 36.5 Å². The minimum Gasteiger partial charge on any atom is -0.480 e. The van der Waals surface area contributed by atoms with Gasteiger partial charge in [0, 0.05) is 29.4 Å². The average molecular weight is 613 g/mol. The predicted molar refractivity (Wildman–Crippen MR) is 150 cm³/mol. The van der Waals surface area contributed by atoms with Crippen molar-refractivity contribution in [3.8, 4) is 0 Å². The fraction of sp³-hybridized carbons (Fsp3) is 0.308. The summed E-state index contributed by atoms with van der Waals surface area (Å²) in [6.07, 6.45) is 2.80. The Hall–Kier alpha value is -2.76. The van der Waals surface area contributed by atoms with E-state index in [2.05, 4.69) is 10.6 Å². The number of carbonyl (C=O) groups excluding carboxylic acids is 3. The molecular formula is C26H24Cl3N3O6S. The highest BCUT2D eigenvalue weighted by molar-refractivity contribution is 8.04. The van der Waals surface area contributed by atoms with Crippen LogP contribution in [0.3, 0.4) is 0 Å². The summed E-state index contributed by atoms with van der Waals surface area (Å²) >= 11 is 20.4. The minimum absolute atomic E-state index is 0.00716. The molecule has 4 N–H and O–H groups in total. The SMILES string of the molecule is O=C(NC[C@H](NC(=O)c1c(Cl)cc2c(c1Cl)CCN(C(=O)c1ccc(Cl)cc1)C2CO)C(=O)O)C1=CCCS1. The number of benzene rings is 2. The zero-order chi connectivity index (χ0) is 28.3. The van der Waals surface area contributed by atoms with E-state index >= 15 is 0 Å². The van der Waals surface area contributed by atoms with E-state index in [9.17, 15) is 29.4 Å². The second kappa shape index (κ2) is 12.6. The summed E-state index contributed by atoms with van der Waals surface area (Å²) < 4.78 is 0. The van der Waals surface area contributed by atoms with Gasteiger partial charge in [0.15, 0.2) is 0 Å². The van der Waals surface area contributed by atoms with E-state index in [1.807, 2.05) is 0 Å². The number of aliphatic hydroxyl groups excluding tert-OH is 1. The molecule has 3 amide bonds. The molecule has 2 aliphatic rings. The van der Waals surface area contributed by atoms with Crippen LogP contribution in [0, 0.1) is 0 Å². The molecule has 2 aromatic rings. The van der Waals surface area contributed by atoms with Crippen molar-refractivity contribution in [1.29, 1.82) is 0 Å². The number of hydrogen-bond acceptors (Lipinski definition) is 6. The van der Waals surface area contributed by atoms with Crippen molar-refractivity contribution in [3.05, 3.63) is 78.6 Å². The highest BCUT2D eigenvalue weighted by Gasteiger charge is 2.35. The number of fused-ring (bicyclic) bond motifs is 1. The molecule has 2 aliphatic heterocycles. The molecule has 0 saturated heterocycles. The Kier molecular flexibility index (Phi) is 9.45. The first-order valence-electron chi connectivity index (χ1n) is 11.9. The molecule has 4 rings (SSSR count). The van der Waals surface area contributed by atoms with Crippen LogP contribution in [0.2, 0.25) is 15.1 Å². The highest BCUT2D eigenvalue weighted by Crippen LogP contribution is 2.39. The van der Waals surface area contributed by atoms with Crippen molar-refractivity contribution in [1.82, 2.24) is 15.5 Å². The van der Waals surface area contributed by atoms with Gasteiger partial charge in [0.05, 0.1) is 33.2 Å². The highest BCUT2D eigenvalue weighted by atomic mass is 35.5. The van der Waals surface area contributed by atoms with E-state index in [-0.39, 0.29) is 41.0 Å². The molecule has 0 fully saturated rings. The van der Waals surface area contributed by atoms with Gasteiger partial charge in [-0.05, 0) is 54.3 Å². The summed E-state index contributed by atoms with van der Waals surface area (Å²) in [7, 11) is 0. The van der Waals surface area contributed by atoms with Crippen LogP contribution in [-0.4, -0.2) is 70.3 Å². The standard InChI is InChI=1S/C26H24Cl3N3O6S/c27-14-5-3-13(4-6-14)25(36)32-8-7-15-16(19(32)12-33)10-17(28)21(22(15)29)24(35)31-18(26(37)38)11-30-23(34)20-2-1-9-39-20/h2-6,10,18-19,33H,1,7-9,11-12H2,(H,30,34)(H,31,35)(H,37,38)/t18-,19?/m0/s1. The number of carboxylic acids is 1. The minimum atomic E-state index is -1.44. The van der Waals surface area contributed by atoms with E-state index in [4.69, 9.17) is 34.8 Å². The third-order valence-electron chi connectivity index (χ3n) is 6.44. The van der Waals surface area contributed by atoms with Crippen LogP contribution in [0.5, 0.6) is 0 Å². The molecule has 13 heteroatoms. The maximum atomic E-state index is 13.2. The van der Waals surface area contributed by atoms with Gasteiger partial charge in [0.2, 0.25) is 0 Å². The number of nitrogens with one attached hydrogen (secondary N) is 2. The van der Waals surface area contributed by atoms with Crippen LogP contribution in [0.4, 0.5) is 0 Å². The van der Waals surface area contributed by atoms with Gasteiger partial charge in [-0.15, -0.1) is 11.8 Å². The number of carbonyl (C=O) groups is 4. The zero-order valence-corrected chi connectivity index (χ0v) is 23.5. The quantitative estimate of drug-likeness (QED) is 0.357. The van der Waals surface area contributed by atoms with Crippen LogP contribution in [0.1, 0.15) is 44.3 Å². The van der Waals surface area contributed by atoms with Gasteiger partial charge in [0.1, 0.15) is 6.04 Å². The number of rotatable bonds is 8. The fourth-order valence-electron chi connectivity index (χ4n) is 4.48. The van der Waals surface area contributed by atoms with Crippen LogP contribution < -0.4 is 10.6 Å². The van der Waals surface area contributed by atoms with Crippen molar-refractivity contribution in [3.63, 3.8) is 0 Å². The normalized spacial score (nSPS) is 17.2. The molecule has 0 saturated carbocycles. The lowest BCUT2D eigenvalue weighted by Crippen LogP contribution is -2.48. The van der Waals surface area contributed by atoms with E-state index in [0.29, 0.717) is 26.6 Å². The Morgan fingerprint density at radius 3 is 2.44 bits per heavy atom. The lowest BCUT2D eigenvalue weighted by molar-refractivity contribution is -0.139. The van der Waals surface area contributed by atoms with Crippen LogP contribution in [0.15, 0.2) is 41.3 Å². The molecule has 2 aromatic carbocycles. The second-order valence-electron chi connectivity index (χ2n) is 8.85. The smallest absolute Gasteiger partial charge is 0.328 e. The fourth-order valence-corrected chi connectivity index (χ4v) is 6.24. The van der Waals surface area contributed by atoms with Gasteiger partial charge in [-0.25, -0.2) is 4.79 Å². The maximum absolute atomic E-state index is 13.2. The summed E-state index contributed by atoms with van der Waals surface area (Å²) in [6, 6.07) is 5.63. The Morgan fingerprint density at radius 1 is 1.10 bits per heavy atom. The topological polar surface area (TPSA) is 136 Å². The number of allylic oxidation sites excluding steroid dienone is 1. The summed E-state index contributed by atoms with van der Waals surface area (Å²) in [6.45, 7) is -0.549. The first kappa shape index (κ1) is 29.2. The van der Waals surface area contributed by atoms with Crippen molar-refractivity contribution in [2.24, 2.45) is 0 Å².